The fourth-order valence-electron chi connectivity index (χ4n) is 1.81. The molecule has 0 aromatic heterocycles. The molecule has 2 amide bonds. The number of likely N-dealkylation sites (tertiary alicyclic amines) is 1. The van der Waals surface area contributed by atoms with Crippen LogP contribution in [0.15, 0.2) is 0 Å². The van der Waals surface area contributed by atoms with Gasteiger partial charge in [0.1, 0.15) is 0 Å². The van der Waals surface area contributed by atoms with E-state index in [1.165, 1.54) is 4.90 Å². The SMILES string of the molecule is O=C1C2CC2C(=O)N1C[C@@H]1CO1. The number of hydrogen-bond acceptors (Lipinski definition) is 3. The number of imide groups is 1. The Bertz CT molecular complexity index is 251. The largest absolute Gasteiger partial charge is 0.371 e. The third kappa shape index (κ3) is 0.756. The molecule has 0 aromatic rings. The molecule has 0 radical (unpaired) electrons. The van der Waals surface area contributed by atoms with E-state index in [1.54, 1.807) is 0 Å². The molecule has 0 N–H and O–H groups in total. The van der Waals surface area contributed by atoms with Crippen LogP contribution < -0.4 is 0 Å². The average molecular weight is 167 g/mol. The third-order valence-corrected chi connectivity index (χ3v) is 2.75. The summed E-state index contributed by atoms with van der Waals surface area (Å²) >= 11 is 0. The molecule has 3 rings (SSSR count). The van der Waals surface area contributed by atoms with Crippen molar-refractivity contribution >= 4 is 11.8 Å². The van der Waals surface area contributed by atoms with E-state index in [2.05, 4.69) is 0 Å². The van der Waals surface area contributed by atoms with Gasteiger partial charge in [-0.3, -0.25) is 14.5 Å². The molecular formula is C8H9NO3. The standard InChI is InChI=1S/C8H9NO3/c10-7-5-1-6(5)8(11)9(7)2-4-3-12-4/h4-6H,1-3H2/t4-,5?,6?/m1/s1. The summed E-state index contributed by atoms with van der Waals surface area (Å²) in [5.74, 6) is 0.133. The fraction of sp³-hybridized carbons (Fsp3) is 0.750. The van der Waals surface area contributed by atoms with Gasteiger partial charge in [0.2, 0.25) is 11.8 Å². The van der Waals surface area contributed by atoms with Crippen LogP contribution in [0.3, 0.4) is 0 Å². The van der Waals surface area contributed by atoms with Crippen molar-refractivity contribution in [1.82, 2.24) is 4.90 Å². The van der Waals surface area contributed by atoms with Crippen molar-refractivity contribution in [2.75, 3.05) is 13.2 Å². The topological polar surface area (TPSA) is 49.9 Å². The van der Waals surface area contributed by atoms with Crippen LogP contribution in [0, 0.1) is 11.8 Å². The highest BCUT2D eigenvalue weighted by molar-refractivity contribution is 6.08. The van der Waals surface area contributed by atoms with E-state index >= 15 is 0 Å². The van der Waals surface area contributed by atoms with Gasteiger partial charge < -0.3 is 4.74 Å². The van der Waals surface area contributed by atoms with Gasteiger partial charge in [-0.2, -0.15) is 0 Å². The maximum Gasteiger partial charge on any atom is 0.233 e. The molecule has 1 saturated carbocycles. The second-order valence-corrected chi connectivity index (χ2v) is 3.69. The van der Waals surface area contributed by atoms with Crippen LogP contribution in [-0.2, 0) is 14.3 Å². The molecule has 0 aromatic carbocycles. The van der Waals surface area contributed by atoms with E-state index in [0.29, 0.717) is 13.2 Å². The van der Waals surface area contributed by atoms with Gasteiger partial charge in [0, 0.05) is 0 Å². The van der Waals surface area contributed by atoms with Crippen molar-refractivity contribution in [1.29, 1.82) is 0 Å². The molecule has 2 saturated heterocycles. The molecule has 4 nitrogen and oxygen atoms in total. The molecule has 2 aliphatic heterocycles. The van der Waals surface area contributed by atoms with Gasteiger partial charge in [0.25, 0.3) is 0 Å². The van der Waals surface area contributed by atoms with Gasteiger partial charge in [0.15, 0.2) is 0 Å². The smallest absolute Gasteiger partial charge is 0.233 e. The highest BCUT2D eigenvalue weighted by Gasteiger charge is 2.59. The Hall–Kier alpha value is -0.900. The summed E-state index contributed by atoms with van der Waals surface area (Å²) in [5.41, 5.74) is 0. The van der Waals surface area contributed by atoms with Crippen LogP contribution in [0.5, 0.6) is 0 Å². The molecule has 2 unspecified atom stereocenters. The van der Waals surface area contributed by atoms with Gasteiger partial charge in [-0.05, 0) is 6.42 Å². The Kier molecular flexibility index (Phi) is 1.03. The molecule has 12 heavy (non-hydrogen) atoms. The first-order chi connectivity index (χ1) is 5.77. The molecule has 0 spiro atoms. The summed E-state index contributed by atoms with van der Waals surface area (Å²) in [6, 6.07) is 0. The van der Waals surface area contributed by atoms with Gasteiger partial charge in [0.05, 0.1) is 31.1 Å². The lowest BCUT2D eigenvalue weighted by molar-refractivity contribution is -0.141. The van der Waals surface area contributed by atoms with Crippen molar-refractivity contribution in [3.05, 3.63) is 0 Å². The summed E-state index contributed by atoms with van der Waals surface area (Å²) in [6.45, 7) is 1.19. The third-order valence-electron chi connectivity index (χ3n) is 2.75. The Morgan fingerprint density at radius 3 is 2.42 bits per heavy atom. The maximum absolute atomic E-state index is 11.4. The van der Waals surface area contributed by atoms with Gasteiger partial charge in [-0.25, -0.2) is 0 Å². The van der Waals surface area contributed by atoms with E-state index in [0.717, 1.165) is 6.42 Å². The zero-order chi connectivity index (χ0) is 8.29. The van der Waals surface area contributed by atoms with Crippen LogP contribution in [0.25, 0.3) is 0 Å². The fourth-order valence-corrected chi connectivity index (χ4v) is 1.81. The minimum atomic E-state index is 0.0282. The second-order valence-electron chi connectivity index (χ2n) is 3.69. The van der Waals surface area contributed by atoms with Crippen LogP contribution in [0.4, 0.5) is 0 Å². The zero-order valence-electron chi connectivity index (χ0n) is 6.53. The van der Waals surface area contributed by atoms with Crippen molar-refractivity contribution in [2.24, 2.45) is 11.8 Å². The van der Waals surface area contributed by atoms with E-state index in [-0.39, 0.29) is 29.8 Å². The number of ether oxygens (including phenoxy) is 1. The lowest BCUT2D eigenvalue weighted by Crippen LogP contribution is -2.35. The van der Waals surface area contributed by atoms with Crippen molar-refractivity contribution in [2.45, 2.75) is 12.5 Å². The normalized spacial score (nSPS) is 43.3. The van der Waals surface area contributed by atoms with Crippen molar-refractivity contribution < 1.29 is 14.3 Å². The molecule has 3 fully saturated rings. The number of amides is 2. The van der Waals surface area contributed by atoms with Gasteiger partial charge >= 0.3 is 0 Å². The summed E-state index contributed by atoms with van der Waals surface area (Å²) < 4.78 is 4.97. The molecule has 1 aliphatic carbocycles. The minimum absolute atomic E-state index is 0.0282. The Morgan fingerprint density at radius 2 is 1.92 bits per heavy atom. The summed E-state index contributed by atoms with van der Waals surface area (Å²) in [6.07, 6.45) is 0.926. The van der Waals surface area contributed by atoms with Gasteiger partial charge in [-0.15, -0.1) is 0 Å². The molecular weight excluding hydrogens is 158 g/mol. The van der Waals surface area contributed by atoms with Crippen LogP contribution >= 0.6 is 0 Å². The van der Waals surface area contributed by atoms with Crippen molar-refractivity contribution in [3.63, 3.8) is 0 Å². The van der Waals surface area contributed by atoms with Crippen LogP contribution in [0.1, 0.15) is 6.42 Å². The quantitative estimate of drug-likeness (QED) is 0.407. The molecule has 64 valence electrons. The molecule has 3 aliphatic rings. The van der Waals surface area contributed by atoms with E-state index in [1.807, 2.05) is 0 Å². The number of carbonyl (C=O) groups is 2. The minimum Gasteiger partial charge on any atom is -0.371 e. The Labute approximate surface area is 69.5 Å². The number of piperidine rings is 1. The number of carbonyl (C=O) groups excluding carboxylic acids is 2. The highest BCUT2D eigenvalue weighted by atomic mass is 16.6. The first-order valence-electron chi connectivity index (χ1n) is 4.24. The maximum atomic E-state index is 11.4. The number of fused-ring (bicyclic) bond motifs is 1. The second kappa shape index (κ2) is 1.88. The average Bonchev–Trinajstić information content (AvgIpc) is 2.89. The van der Waals surface area contributed by atoms with Crippen LogP contribution in [-0.4, -0.2) is 36.0 Å². The molecule has 2 heterocycles. The predicted octanol–water partition coefficient (Wildman–Crippen LogP) is -0.610. The molecule has 0 bridgehead atoms. The number of nitrogens with zero attached hydrogens (tertiary/aromatic N) is 1. The van der Waals surface area contributed by atoms with E-state index in [4.69, 9.17) is 4.74 Å². The number of epoxide rings is 1. The van der Waals surface area contributed by atoms with E-state index in [9.17, 15) is 9.59 Å². The van der Waals surface area contributed by atoms with Crippen molar-refractivity contribution in [3.8, 4) is 0 Å². The molecule has 3 atom stereocenters. The first kappa shape index (κ1) is 6.60. The zero-order valence-corrected chi connectivity index (χ0v) is 6.53. The van der Waals surface area contributed by atoms with Gasteiger partial charge in [-0.1, -0.05) is 0 Å². The van der Waals surface area contributed by atoms with E-state index < -0.39 is 0 Å². The summed E-state index contributed by atoms with van der Waals surface area (Å²) in [7, 11) is 0. The lowest BCUT2D eigenvalue weighted by atomic mass is 10.3. The number of hydrogen-bond donors (Lipinski definition) is 0. The van der Waals surface area contributed by atoms with Crippen LogP contribution in [0.2, 0.25) is 0 Å². The Balaban J connectivity index is 1.76. The first-order valence-corrected chi connectivity index (χ1v) is 4.24. The predicted molar refractivity (Wildman–Crippen MR) is 38.1 cm³/mol. The summed E-state index contributed by atoms with van der Waals surface area (Å²) in [4.78, 5) is 24.1. The lowest BCUT2D eigenvalue weighted by Gasteiger charge is -2.13. The number of rotatable bonds is 2. The summed E-state index contributed by atoms with van der Waals surface area (Å²) in [5, 5.41) is 0. The Morgan fingerprint density at radius 1 is 1.33 bits per heavy atom. The molecule has 4 heteroatoms. The highest BCUT2D eigenvalue weighted by Crippen LogP contribution is 2.47. The monoisotopic (exact) mass is 167 g/mol.